The second-order valence-electron chi connectivity index (χ2n) is 5.15. The molecule has 0 amide bonds. The van der Waals surface area contributed by atoms with Gasteiger partial charge < -0.3 is 5.02 Å². The Morgan fingerprint density at radius 3 is 2.47 bits per heavy atom. The van der Waals surface area contributed by atoms with Crippen molar-refractivity contribution in [3.05, 3.63) is 51.7 Å². The molecule has 2 rings (SSSR count). The topological polar surface area (TPSA) is 20.2 Å². The van der Waals surface area contributed by atoms with Gasteiger partial charge in [0.1, 0.15) is 0 Å². The van der Waals surface area contributed by atoms with Gasteiger partial charge in [-0.05, 0) is 44.9 Å². The van der Waals surface area contributed by atoms with Crippen LogP contribution in [0.2, 0.25) is 6.82 Å². The molecule has 19 heavy (non-hydrogen) atoms. The molecule has 0 aliphatic rings. The third kappa shape index (κ3) is 3.82. The van der Waals surface area contributed by atoms with E-state index >= 15 is 0 Å². The van der Waals surface area contributed by atoms with Gasteiger partial charge in [0.05, 0.1) is 0 Å². The van der Waals surface area contributed by atoms with Crippen LogP contribution < -0.4 is 5.46 Å². The van der Waals surface area contributed by atoms with Gasteiger partial charge in [0.15, 0.2) is 0 Å². The third-order valence-electron chi connectivity index (χ3n) is 3.16. The number of hydrogen-bond donors (Lipinski definition) is 1. The summed E-state index contributed by atoms with van der Waals surface area (Å²) in [6.45, 7) is 5.74. The molecule has 0 spiro atoms. The first-order chi connectivity index (χ1) is 9.06. The Hall–Kier alpha value is -1.32. The molecule has 98 valence electrons. The van der Waals surface area contributed by atoms with E-state index in [-0.39, 0.29) is 0 Å². The molecule has 0 saturated heterocycles. The predicted molar refractivity (Wildman–Crippen MR) is 87.2 cm³/mol. The smallest absolute Gasteiger partial charge is 0.320 e. The molecule has 0 bridgehead atoms. The molecular formula is C16H19BOS. The average Bonchev–Trinajstić information content (AvgIpc) is 2.89. The lowest BCUT2D eigenvalue weighted by atomic mass is 9.63. The average molecular weight is 270 g/mol. The lowest BCUT2D eigenvalue weighted by Crippen LogP contribution is -2.26. The maximum atomic E-state index is 9.78. The van der Waals surface area contributed by atoms with Crippen LogP contribution in [0.4, 0.5) is 0 Å². The number of thiophene rings is 1. The highest BCUT2D eigenvalue weighted by Crippen LogP contribution is 2.17. The fourth-order valence-electron chi connectivity index (χ4n) is 1.94. The summed E-state index contributed by atoms with van der Waals surface area (Å²) in [6, 6.07) is 8.44. The molecule has 1 nitrogen and oxygen atoms in total. The Kier molecular flexibility index (Phi) is 4.62. The fraction of sp³-hybridized carbons (Fsp3) is 0.250. The first-order valence-electron chi connectivity index (χ1n) is 6.59. The van der Waals surface area contributed by atoms with Crippen molar-refractivity contribution in [3.8, 4) is 0 Å². The third-order valence-corrected chi connectivity index (χ3v) is 3.86. The van der Waals surface area contributed by atoms with Crippen LogP contribution in [0.3, 0.4) is 0 Å². The van der Waals surface area contributed by atoms with Gasteiger partial charge in [0, 0.05) is 0 Å². The first kappa shape index (κ1) is 14.1. The minimum Gasteiger partial charge on any atom is -0.447 e. The summed E-state index contributed by atoms with van der Waals surface area (Å²) >= 11 is 1.70. The first-order valence-corrected chi connectivity index (χ1v) is 7.54. The molecule has 0 unspecified atom stereocenters. The lowest BCUT2D eigenvalue weighted by Gasteiger charge is -2.11. The Balaban J connectivity index is 2.33. The molecule has 1 N–H and O–H groups in total. The lowest BCUT2D eigenvalue weighted by molar-refractivity contribution is 0.594. The minimum absolute atomic E-state index is 0.424. The predicted octanol–water partition coefficient (Wildman–Crippen LogP) is 3.86. The minimum atomic E-state index is -0.424. The quantitative estimate of drug-likeness (QED) is 0.836. The van der Waals surface area contributed by atoms with Crippen LogP contribution in [-0.4, -0.2) is 11.9 Å². The van der Waals surface area contributed by atoms with E-state index < -0.39 is 6.92 Å². The van der Waals surface area contributed by atoms with Crippen molar-refractivity contribution < 1.29 is 5.02 Å². The number of hydrogen-bond acceptors (Lipinski definition) is 2. The molecule has 3 heteroatoms. The van der Waals surface area contributed by atoms with Crippen LogP contribution in [0, 0.1) is 0 Å². The molecule has 2 aromatic rings. The van der Waals surface area contributed by atoms with Gasteiger partial charge in [-0.25, -0.2) is 0 Å². The summed E-state index contributed by atoms with van der Waals surface area (Å²) in [5.41, 5.74) is 4.62. The molecule has 1 aromatic carbocycles. The van der Waals surface area contributed by atoms with E-state index in [0.717, 1.165) is 11.0 Å². The molecule has 1 aromatic heterocycles. The van der Waals surface area contributed by atoms with E-state index in [9.17, 15) is 5.02 Å². The Bertz CT molecular complexity index is 530. The van der Waals surface area contributed by atoms with Gasteiger partial charge in [0.2, 0.25) is 0 Å². The standard InChI is InChI=1S/C16H19BOS/c1-12(2)15-8-14(9-16(10-15)17(3)18)5-4-13-6-7-19-11-13/h4-12,18H,1-3H3/b5-4+. The highest BCUT2D eigenvalue weighted by Gasteiger charge is 2.10. The van der Waals surface area contributed by atoms with Gasteiger partial charge in [-0.3, -0.25) is 0 Å². The maximum absolute atomic E-state index is 9.78. The van der Waals surface area contributed by atoms with Crippen molar-refractivity contribution in [2.24, 2.45) is 0 Å². The van der Waals surface area contributed by atoms with Crippen molar-refractivity contribution in [3.63, 3.8) is 0 Å². The largest absolute Gasteiger partial charge is 0.447 e. The Morgan fingerprint density at radius 2 is 1.89 bits per heavy atom. The van der Waals surface area contributed by atoms with E-state index in [2.05, 4.69) is 61.0 Å². The number of benzene rings is 1. The fourth-order valence-corrected chi connectivity index (χ4v) is 2.56. The van der Waals surface area contributed by atoms with Crippen molar-refractivity contribution in [1.82, 2.24) is 0 Å². The summed E-state index contributed by atoms with van der Waals surface area (Å²) in [6.07, 6.45) is 4.22. The van der Waals surface area contributed by atoms with Gasteiger partial charge in [0.25, 0.3) is 0 Å². The van der Waals surface area contributed by atoms with Crippen LogP contribution in [0.5, 0.6) is 0 Å². The summed E-state index contributed by atoms with van der Waals surface area (Å²) in [5, 5.41) is 14.0. The monoisotopic (exact) mass is 270 g/mol. The summed E-state index contributed by atoms with van der Waals surface area (Å²) in [5.74, 6) is 0.465. The highest BCUT2D eigenvalue weighted by molar-refractivity contribution is 7.08. The van der Waals surface area contributed by atoms with Crippen molar-refractivity contribution >= 4 is 35.9 Å². The van der Waals surface area contributed by atoms with Crippen molar-refractivity contribution in [2.75, 3.05) is 0 Å². The summed E-state index contributed by atoms with van der Waals surface area (Å²) < 4.78 is 0. The second kappa shape index (κ2) is 6.22. The van der Waals surface area contributed by atoms with Gasteiger partial charge in [-0.1, -0.05) is 51.0 Å². The normalized spacial score (nSPS) is 11.4. The zero-order chi connectivity index (χ0) is 13.8. The van der Waals surface area contributed by atoms with Gasteiger partial charge in [-0.2, -0.15) is 11.3 Å². The van der Waals surface area contributed by atoms with Crippen LogP contribution in [-0.2, 0) is 0 Å². The highest BCUT2D eigenvalue weighted by atomic mass is 32.1. The van der Waals surface area contributed by atoms with E-state index in [1.807, 2.05) is 6.82 Å². The van der Waals surface area contributed by atoms with E-state index in [0.29, 0.717) is 5.92 Å². The van der Waals surface area contributed by atoms with Gasteiger partial charge >= 0.3 is 6.92 Å². The molecular weight excluding hydrogens is 251 g/mol. The second-order valence-corrected chi connectivity index (χ2v) is 5.93. The van der Waals surface area contributed by atoms with Crippen LogP contribution in [0.15, 0.2) is 35.0 Å². The van der Waals surface area contributed by atoms with Crippen molar-refractivity contribution in [1.29, 1.82) is 0 Å². The molecule has 0 atom stereocenters. The molecule has 0 aliphatic carbocycles. The Morgan fingerprint density at radius 1 is 1.16 bits per heavy atom. The molecule has 0 radical (unpaired) electrons. The van der Waals surface area contributed by atoms with Crippen LogP contribution in [0.25, 0.3) is 12.2 Å². The summed E-state index contributed by atoms with van der Waals surface area (Å²) in [4.78, 5) is 0. The zero-order valence-electron chi connectivity index (χ0n) is 11.6. The summed E-state index contributed by atoms with van der Waals surface area (Å²) in [7, 11) is 0. The van der Waals surface area contributed by atoms with E-state index in [1.165, 1.54) is 11.1 Å². The van der Waals surface area contributed by atoms with E-state index in [1.54, 1.807) is 11.3 Å². The number of rotatable bonds is 4. The van der Waals surface area contributed by atoms with Crippen molar-refractivity contribution in [2.45, 2.75) is 26.6 Å². The molecule has 0 aliphatic heterocycles. The zero-order valence-corrected chi connectivity index (χ0v) is 12.4. The molecule has 0 fully saturated rings. The van der Waals surface area contributed by atoms with E-state index in [4.69, 9.17) is 0 Å². The molecule has 0 saturated carbocycles. The Labute approximate surface area is 119 Å². The SMILES string of the molecule is CB(O)c1cc(/C=C/c2ccsc2)cc(C(C)C)c1. The van der Waals surface area contributed by atoms with Crippen LogP contribution >= 0.6 is 11.3 Å². The molecule has 1 heterocycles. The maximum Gasteiger partial charge on any atom is 0.320 e. The van der Waals surface area contributed by atoms with Crippen LogP contribution in [0.1, 0.15) is 36.5 Å². The van der Waals surface area contributed by atoms with Gasteiger partial charge in [-0.15, -0.1) is 0 Å².